The number of fused-ring (bicyclic) bond motifs is 1. The molecule has 25 heavy (non-hydrogen) atoms. The van der Waals surface area contributed by atoms with Crippen molar-refractivity contribution in [2.75, 3.05) is 17.2 Å². The summed E-state index contributed by atoms with van der Waals surface area (Å²) < 4.78 is 4.93. The molecule has 1 aromatic heterocycles. The van der Waals surface area contributed by atoms with Crippen molar-refractivity contribution in [3.05, 3.63) is 47.3 Å². The Morgan fingerprint density at radius 3 is 2.84 bits per heavy atom. The molecule has 0 saturated heterocycles. The van der Waals surface area contributed by atoms with Crippen LogP contribution in [0.25, 0.3) is 11.6 Å². The average Bonchev–Trinajstić information content (AvgIpc) is 3.13. The van der Waals surface area contributed by atoms with Gasteiger partial charge in [0.05, 0.1) is 17.7 Å². The molecule has 1 aliphatic heterocycles. The van der Waals surface area contributed by atoms with Gasteiger partial charge in [-0.2, -0.15) is 0 Å². The average molecular weight is 340 g/mol. The Labute approximate surface area is 143 Å². The van der Waals surface area contributed by atoms with Crippen LogP contribution in [0.1, 0.15) is 28.5 Å². The van der Waals surface area contributed by atoms with Crippen LogP contribution in [0.3, 0.4) is 0 Å². The van der Waals surface area contributed by atoms with Crippen LogP contribution < -0.4 is 16.4 Å². The third-order valence-electron chi connectivity index (χ3n) is 3.59. The number of aromatic amines is 1. The Kier molecular flexibility index (Phi) is 4.25. The fourth-order valence-corrected chi connectivity index (χ4v) is 2.53. The van der Waals surface area contributed by atoms with Gasteiger partial charge >= 0.3 is 12.0 Å². The van der Waals surface area contributed by atoms with Crippen molar-refractivity contribution < 1.29 is 19.1 Å². The van der Waals surface area contributed by atoms with E-state index < -0.39 is 12.0 Å². The summed E-state index contributed by atoms with van der Waals surface area (Å²) in [4.78, 5) is 37.8. The van der Waals surface area contributed by atoms with Crippen molar-refractivity contribution in [3.63, 3.8) is 0 Å². The zero-order valence-electron chi connectivity index (χ0n) is 13.4. The van der Waals surface area contributed by atoms with E-state index in [1.807, 2.05) is 0 Å². The van der Waals surface area contributed by atoms with Gasteiger partial charge in [0, 0.05) is 28.8 Å². The molecule has 8 heteroatoms. The molecule has 0 atom stereocenters. The maximum Gasteiger partial charge on any atom is 0.339 e. The quantitative estimate of drug-likeness (QED) is 0.502. The highest BCUT2D eigenvalue weighted by Gasteiger charge is 2.25. The summed E-state index contributed by atoms with van der Waals surface area (Å²) in [6.07, 6.45) is 3.14. The van der Waals surface area contributed by atoms with E-state index in [0.717, 1.165) is 0 Å². The van der Waals surface area contributed by atoms with Crippen molar-refractivity contribution in [1.29, 1.82) is 0 Å². The Morgan fingerprint density at radius 1 is 1.32 bits per heavy atom. The lowest BCUT2D eigenvalue weighted by atomic mass is 10.1. The molecular formula is C17H16N4O4. The van der Waals surface area contributed by atoms with Crippen molar-refractivity contribution in [2.24, 2.45) is 5.73 Å². The molecule has 8 nitrogen and oxygen atoms in total. The first-order valence-corrected chi connectivity index (χ1v) is 7.57. The first kappa shape index (κ1) is 16.3. The lowest BCUT2D eigenvalue weighted by molar-refractivity contribution is -0.110. The van der Waals surface area contributed by atoms with Crippen molar-refractivity contribution in [2.45, 2.75) is 6.92 Å². The number of hydrogen-bond acceptors (Lipinski definition) is 4. The fraction of sp³-hybridized carbons (Fsp3) is 0.118. The van der Waals surface area contributed by atoms with Crippen LogP contribution in [0.2, 0.25) is 0 Å². The molecule has 0 saturated carbocycles. The van der Waals surface area contributed by atoms with Crippen LogP contribution in [0.15, 0.2) is 30.5 Å². The molecule has 0 bridgehead atoms. The summed E-state index contributed by atoms with van der Waals surface area (Å²) in [6.45, 7) is 2.01. The minimum Gasteiger partial charge on any atom is -0.462 e. The maximum atomic E-state index is 12.2. The van der Waals surface area contributed by atoms with Gasteiger partial charge in [-0.3, -0.25) is 4.79 Å². The molecule has 2 heterocycles. The minimum atomic E-state index is -0.689. The number of benzene rings is 1. The summed E-state index contributed by atoms with van der Waals surface area (Å²) in [5.41, 5.74) is 8.20. The number of carbonyl (C=O) groups is 3. The summed E-state index contributed by atoms with van der Waals surface area (Å²) in [5, 5.41) is 5.21. The number of amides is 3. The maximum absolute atomic E-state index is 12.2. The minimum absolute atomic E-state index is 0.279. The number of hydrogen-bond donors (Lipinski definition) is 4. The number of anilines is 2. The van der Waals surface area contributed by atoms with E-state index in [9.17, 15) is 14.4 Å². The number of urea groups is 1. The molecule has 0 fully saturated rings. The lowest BCUT2D eigenvalue weighted by Crippen LogP contribution is -2.19. The Morgan fingerprint density at radius 2 is 2.12 bits per heavy atom. The second-order valence-corrected chi connectivity index (χ2v) is 5.33. The molecule has 1 aliphatic rings. The third-order valence-corrected chi connectivity index (χ3v) is 3.59. The number of nitrogens with two attached hydrogens (primary N) is 1. The highest BCUT2D eigenvalue weighted by molar-refractivity contribution is 6.35. The molecule has 128 valence electrons. The van der Waals surface area contributed by atoms with Gasteiger partial charge in [-0.15, -0.1) is 0 Å². The van der Waals surface area contributed by atoms with E-state index in [2.05, 4.69) is 15.6 Å². The van der Waals surface area contributed by atoms with Crippen LogP contribution in [0.4, 0.5) is 16.2 Å². The summed E-state index contributed by atoms with van der Waals surface area (Å²) in [5.74, 6) is -0.717. The van der Waals surface area contributed by atoms with E-state index in [1.54, 1.807) is 37.3 Å². The first-order chi connectivity index (χ1) is 12.0. The third kappa shape index (κ3) is 3.37. The number of primary amides is 1. The van der Waals surface area contributed by atoms with Gasteiger partial charge in [-0.1, -0.05) is 0 Å². The number of esters is 1. The van der Waals surface area contributed by atoms with E-state index >= 15 is 0 Å². The SMILES string of the molecule is CCOC(=O)c1c[nH]c(/C=C2\C(=O)Nc3ccc(NC(N)=O)cc32)c1. The van der Waals surface area contributed by atoms with Gasteiger partial charge in [-0.05, 0) is 37.3 Å². The summed E-state index contributed by atoms with van der Waals surface area (Å²) in [7, 11) is 0. The Bertz CT molecular complexity index is 898. The number of H-pyrrole nitrogens is 1. The molecule has 5 N–H and O–H groups in total. The highest BCUT2D eigenvalue weighted by Crippen LogP contribution is 2.35. The smallest absolute Gasteiger partial charge is 0.339 e. The van der Waals surface area contributed by atoms with Crippen molar-refractivity contribution in [3.8, 4) is 0 Å². The Balaban J connectivity index is 1.93. The normalized spacial score (nSPS) is 14.1. The van der Waals surface area contributed by atoms with E-state index in [1.165, 1.54) is 6.20 Å². The van der Waals surface area contributed by atoms with Crippen molar-refractivity contribution >= 4 is 40.9 Å². The molecule has 3 rings (SSSR count). The zero-order chi connectivity index (χ0) is 18.0. The molecular weight excluding hydrogens is 324 g/mol. The molecule has 2 aromatic rings. The topological polar surface area (TPSA) is 126 Å². The number of nitrogens with one attached hydrogen (secondary N) is 3. The number of ether oxygens (including phenoxy) is 1. The van der Waals surface area contributed by atoms with Gasteiger partial charge in [0.1, 0.15) is 0 Å². The molecule has 0 radical (unpaired) electrons. The van der Waals surface area contributed by atoms with Gasteiger partial charge in [0.25, 0.3) is 5.91 Å². The van der Waals surface area contributed by atoms with Gasteiger partial charge < -0.3 is 26.1 Å². The monoisotopic (exact) mass is 340 g/mol. The van der Waals surface area contributed by atoms with Gasteiger partial charge in [-0.25, -0.2) is 9.59 Å². The fourth-order valence-electron chi connectivity index (χ4n) is 2.53. The molecule has 1 aromatic carbocycles. The van der Waals surface area contributed by atoms with Crippen LogP contribution in [0.5, 0.6) is 0 Å². The lowest BCUT2D eigenvalue weighted by Gasteiger charge is -2.04. The van der Waals surface area contributed by atoms with E-state index in [4.69, 9.17) is 10.5 Å². The number of carbonyl (C=O) groups excluding carboxylic acids is 3. The Hall–Kier alpha value is -3.55. The zero-order valence-corrected chi connectivity index (χ0v) is 13.4. The predicted molar refractivity (Wildman–Crippen MR) is 92.9 cm³/mol. The first-order valence-electron chi connectivity index (χ1n) is 7.57. The van der Waals surface area contributed by atoms with Crippen molar-refractivity contribution in [1.82, 2.24) is 4.98 Å². The van der Waals surface area contributed by atoms with Crippen LogP contribution in [-0.2, 0) is 9.53 Å². The van der Waals surface area contributed by atoms with Crippen LogP contribution >= 0.6 is 0 Å². The largest absolute Gasteiger partial charge is 0.462 e. The number of rotatable bonds is 4. The molecule has 0 unspecified atom stereocenters. The van der Waals surface area contributed by atoms with Crippen LogP contribution in [-0.4, -0.2) is 29.5 Å². The molecule has 3 amide bonds. The van der Waals surface area contributed by atoms with E-state index in [0.29, 0.717) is 33.8 Å². The van der Waals surface area contributed by atoms with Gasteiger partial charge in [0.2, 0.25) is 0 Å². The summed E-state index contributed by atoms with van der Waals surface area (Å²) >= 11 is 0. The standard InChI is InChI=1S/C17H16N4O4/c1-2-25-16(23)9-5-11(19-8-9)7-13-12-6-10(20-17(18)24)3-4-14(12)21-15(13)22/h3-8,19H,2H2,1H3,(H,21,22)(H3,18,20,24)/b13-7-. The highest BCUT2D eigenvalue weighted by atomic mass is 16.5. The predicted octanol–water partition coefficient (Wildman–Crippen LogP) is 2.17. The molecule has 0 spiro atoms. The van der Waals surface area contributed by atoms with E-state index in [-0.39, 0.29) is 12.5 Å². The second kappa shape index (κ2) is 6.52. The molecule has 0 aliphatic carbocycles. The number of aromatic nitrogens is 1. The summed E-state index contributed by atoms with van der Waals surface area (Å²) in [6, 6.07) is 5.88. The van der Waals surface area contributed by atoms with Crippen LogP contribution in [0, 0.1) is 0 Å². The van der Waals surface area contributed by atoms with Gasteiger partial charge in [0.15, 0.2) is 0 Å². The second-order valence-electron chi connectivity index (χ2n) is 5.33.